The number of aromatic amines is 1. The number of hydrogen-bond acceptors (Lipinski definition) is 7. The number of alkyl halides is 5. The average molecular weight is 567 g/mol. The lowest BCUT2D eigenvalue weighted by atomic mass is 10.1. The Morgan fingerprint density at radius 1 is 1.18 bits per heavy atom. The van der Waals surface area contributed by atoms with E-state index >= 15 is 0 Å². The van der Waals surface area contributed by atoms with Crippen molar-refractivity contribution in [3.05, 3.63) is 74.4 Å². The molecular formula is C25H23F6N7O2. The summed E-state index contributed by atoms with van der Waals surface area (Å²) in [5.74, 6) is -1.55. The summed E-state index contributed by atoms with van der Waals surface area (Å²) < 4.78 is 82.1. The van der Waals surface area contributed by atoms with Crippen LogP contribution in [0.1, 0.15) is 43.7 Å². The molecule has 0 fully saturated rings. The monoisotopic (exact) mass is 567 g/mol. The molecule has 0 aliphatic heterocycles. The van der Waals surface area contributed by atoms with E-state index in [4.69, 9.17) is 5.73 Å². The van der Waals surface area contributed by atoms with E-state index in [0.717, 1.165) is 18.5 Å². The molecule has 15 heteroatoms. The second-order valence-electron chi connectivity index (χ2n) is 8.95. The van der Waals surface area contributed by atoms with E-state index in [1.54, 1.807) is 18.1 Å². The zero-order valence-electron chi connectivity index (χ0n) is 20.9. The molecule has 3 aromatic heterocycles. The Morgan fingerprint density at radius 3 is 2.58 bits per heavy atom. The van der Waals surface area contributed by atoms with Gasteiger partial charge in [0.05, 0.1) is 28.4 Å². The third-order valence-electron chi connectivity index (χ3n) is 6.33. The van der Waals surface area contributed by atoms with Gasteiger partial charge >= 0.3 is 6.18 Å². The highest BCUT2D eigenvalue weighted by atomic mass is 19.4. The average Bonchev–Trinajstić information content (AvgIpc) is 2.88. The molecule has 3 heterocycles. The van der Waals surface area contributed by atoms with Gasteiger partial charge < -0.3 is 15.6 Å². The number of halogens is 6. The summed E-state index contributed by atoms with van der Waals surface area (Å²) >= 11 is 0. The van der Waals surface area contributed by atoms with Gasteiger partial charge in [0.2, 0.25) is 0 Å². The number of aryl methyl sites for hydroxylation is 1. The fourth-order valence-corrected chi connectivity index (χ4v) is 4.25. The number of pyridine rings is 1. The van der Waals surface area contributed by atoms with Crippen molar-refractivity contribution in [1.82, 2.24) is 24.7 Å². The van der Waals surface area contributed by atoms with Crippen molar-refractivity contribution in [3.8, 4) is 11.4 Å². The molecule has 0 unspecified atom stereocenters. The standard InChI is InChI=1S/C25H23F6N7O2/c1-2-13(35-18-11-34-37-23(39)19(18)25(29,30)31)4-3-6-38-7-5-12-8-15(17(26)9-14(12)24(38)40)22-33-10-16(20(27)28)21(32)36-22/h5,7-11,13,20H,2-4,6H2,1H3,(H2,32,33,36)(H2,35,37,39)/t13-/m0/s1. The van der Waals surface area contributed by atoms with Gasteiger partial charge in [-0.2, -0.15) is 18.3 Å². The Morgan fingerprint density at radius 2 is 1.93 bits per heavy atom. The number of aromatic nitrogens is 5. The minimum Gasteiger partial charge on any atom is -0.383 e. The summed E-state index contributed by atoms with van der Waals surface area (Å²) in [6.45, 7) is 1.94. The largest absolute Gasteiger partial charge is 0.423 e. The second-order valence-corrected chi connectivity index (χ2v) is 8.95. The van der Waals surface area contributed by atoms with Crippen molar-refractivity contribution in [1.29, 1.82) is 0 Å². The zero-order valence-corrected chi connectivity index (χ0v) is 20.9. The molecule has 1 aromatic carbocycles. The van der Waals surface area contributed by atoms with E-state index in [9.17, 15) is 35.9 Å². The number of hydrogen-bond donors (Lipinski definition) is 3. The predicted octanol–water partition coefficient (Wildman–Crippen LogP) is 4.89. The lowest BCUT2D eigenvalue weighted by molar-refractivity contribution is -0.138. The maximum absolute atomic E-state index is 14.9. The first-order valence-corrected chi connectivity index (χ1v) is 12.1. The first-order chi connectivity index (χ1) is 18.9. The van der Waals surface area contributed by atoms with Gasteiger partial charge in [0, 0.05) is 25.0 Å². The lowest BCUT2D eigenvalue weighted by Gasteiger charge is -2.20. The Balaban J connectivity index is 1.51. The highest BCUT2D eigenvalue weighted by Crippen LogP contribution is 2.32. The first-order valence-electron chi connectivity index (χ1n) is 12.1. The van der Waals surface area contributed by atoms with Crippen molar-refractivity contribution < 1.29 is 26.3 Å². The number of nitrogens with zero attached hydrogens (tertiary/aromatic N) is 4. The molecule has 1 atom stereocenters. The van der Waals surface area contributed by atoms with Crippen LogP contribution in [0.2, 0.25) is 0 Å². The van der Waals surface area contributed by atoms with Crippen molar-refractivity contribution in [3.63, 3.8) is 0 Å². The van der Waals surface area contributed by atoms with Crippen LogP contribution in [0.5, 0.6) is 0 Å². The van der Waals surface area contributed by atoms with Crippen LogP contribution in [0.15, 0.2) is 46.4 Å². The molecule has 0 saturated carbocycles. The summed E-state index contributed by atoms with van der Waals surface area (Å²) in [6.07, 6.45) is -3.42. The summed E-state index contributed by atoms with van der Waals surface area (Å²) in [6, 6.07) is 3.42. The Hall–Kier alpha value is -4.43. The van der Waals surface area contributed by atoms with E-state index in [2.05, 4.69) is 20.4 Å². The van der Waals surface area contributed by atoms with Crippen molar-refractivity contribution in [2.24, 2.45) is 0 Å². The quantitative estimate of drug-likeness (QED) is 0.246. The van der Waals surface area contributed by atoms with Gasteiger partial charge in [0.25, 0.3) is 17.5 Å². The van der Waals surface area contributed by atoms with Crippen LogP contribution < -0.4 is 22.2 Å². The summed E-state index contributed by atoms with van der Waals surface area (Å²) in [5, 5.41) is 8.34. The minimum absolute atomic E-state index is 0.0514. The third kappa shape index (κ3) is 5.92. The number of nitrogens with two attached hydrogens (primary N) is 1. The van der Waals surface area contributed by atoms with Crippen molar-refractivity contribution in [2.45, 2.75) is 51.4 Å². The fourth-order valence-electron chi connectivity index (χ4n) is 4.25. The number of nitrogen functional groups attached to an aromatic ring is 1. The zero-order chi connectivity index (χ0) is 29.2. The van der Waals surface area contributed by atoms with Gasteiger partial charge in [-0.3, -0.25) is 9.59 Å². The van der Waals surface area contributed by atoms with E-state index in [0.29, 0.717) is 24.6 Å². The van der Waals surface area contributed by atoms with E-state index < -0.39 is 58.2 Å². The van der Waals surface area contributed by atoms with Gasteiger partial charge in [-0.1, -0.05) is 6.92 Å². The molecule has 9 nitrogen and oxygen atoms in total. The smallest absolute Gasteiger partial charge is 0.383 e. The van der Waals surface area contributed by atoms with Gasteiger partial charge in [-0.05, 0) is 42.8 Å². The number of anilines is 2. The maximum atomic E-state index is 14.9. The van der Waals surface area contributed by atoms with Crippen LogP contribution in [0.3, 0.4) is 0 Å². The first kappa shape index (κ1) is 28.6. The highest BCUT2D eigenvalue weighted by Gasteiger charge is 2.37. The van der Waals surface area contributed by atoms with Crippen LogP contribution in [-0.4, -0.2) is 30.8 Å². The molecule has 0 bridgehead atoms. The Bertz CT molecular complexity index is 1650. The molecule has 0 aliphatic rings. The summed E-state index contributed by atoms with van der Waals surface area (Å²) in [5.41, 5.74) is 1.17. The molecule has 212 valence electrons. The lowest BCUT2D eigenvalue weighted by Crippen LogP contribution is -2.28. The van der Waals surface area contributed by atoms with E-state index in [-0.39, 0.29) is 23.3 Å². The van der Waals surface area contributed by atoms with Crippen LogP contribution in [0, 0.1) is 5.82 Å². The van der Waals surface area contributed by atoms with Gasteiger partial charge in [0.1, 0.15) is 17.2 Å². The van der Waals surface area contributed by atoms with E-state index in [1.165, 1.54) is 16.8 Å². The minimum atomic E-state index is -4.88. The number of benzene rings is 1. The summed E-state index contributed by atoms with van der Waals surface area (Å²) in [4.78, 5) is 32.2. The number of H-pyrrole nitrogens is 1. The highest BCUT2D eigenvalue weighted by molar-refractivity contribution is 5.86. The van der Waals surface area contributed by atoms with Gasteiger partial charge in [0.15, 0.2) is 5.82 Å². The van der Waals surface area contributed by atoms with Crippen LogP contribution in [0.25, 0.3) is 22.2 Å². The molecule has 40 heavy (non-hydrogen) atoms. The van der Waals surface area contributed by atoms with Gasteiger partial charge in [-0.25, -0.2) is 28.2 Å². The van der Waals surface area contributed by atoms with Crippen LogP contribution in [-0.2, 0) is 12.7 Å². The number of fused-ring (bicyclic) bond motifs is 1. The Kier molecular flexibility index (Phi) is 8.11. The topological polar surface area (TPSA) is 132 Å². The summed E-state index contributed by atoms with van der Waals surface area (Å²) in [7, 11) is 0. The van der Waals surface area contributed by atoms with Crippen LogP contribution in [0.4, 0.5) is 37.8 Å². The fraction of sp³-hybridized carbons (Fsp3) is 0.320. The molecule has 4 rings (SSSR count). The number of nitrogens with one attached hydrogen (secondary N) is 2. The molecule has 0 saturated heterocycles. The predicted molar refractivity (Wildman–Crippen MR) is 135 cm³/mol. The Labute approximate surface area is 222 Å². The molecule has 0 amide bonds. The molecule has 4 N–H and O–H groups in total. The van der Waals surface area contributed by atoms with E-state index in [1.807, 2.05) is 0 Å². The van der Waals surface area contributed by atoms with Crippen LogP contribution >= 0.6 is 0 Å². The molecule has 0 radical (unpaired) electrons. The molecule has 0 aliphatic carbocycles. The molecular weight excluding hydrogens is 544 g/mol. The maximum Gasteiger partial charge on any atom is 0.423 e. The second kappa shape index (κ2) is 11.4. The van der Waals surface area contributed by atoms with Crippen molar-refractivity contribution >= 4 is 22.3 Å². The molecule has 4 aromatic rings. The van der Waals surface area contributed by atoms with Crippen molar-refractivity contribution in [2.75, 3.05) is 11.1 Å². The SMILES string of the molecule is CC[C@@H](CCCn1ccc2cc(-c3ncc(C(F)F)c(N)n3)c(F)cc2c1=O)Nc1cn[nH]c(=O)c1C(F)(F)F. The third-order valence-corrected chi connectivity index (χ3v) is 6.33. The van der Waals surface area contributed by atoms with Gasteiger partial charge in [-0.15, -0.1) is 0 Å². The normalized spacial score (nSPS) is 12.7. The number of rotatable bonds is 9. The molecule has 0 spiro atoms.